The largest absolute Gasteiger partial charge is 0.494 e. The van der Waals surface area contributed by atoms with E-state index in [1.54, 1.807) is 18.2 Å². The number of hydrogen-bond donors (Lipinski definition) is 2. The third-order valence-electron chi connectivity index (χ3n) is 3.15. The molecule has 120 valence electrons. The number of para-hydroxylation sites is 2. The van der Waals surface area contributed by atoms with Crippen LogP contribution in [0.2, 0.25) is 0 Å². The van der Waals surface area contributed by atoms with Crippen LogP contribution in [0, 0.1) is 10.1 Å². The Bertz CT molecular complexity index is 705. The minimum Gasteiger partial charge on any atom is -0.494 e. The van der Waals surface area contributed by atoms with Crippen LogP contribution in [-0.4, -0.2) is 30.2 Å². The summed E-state index contributed by atoms with van der Waals surface area (Å²) >= 11 is 0. The lowest BCUT2D eigenvalue weighted by molar-refractivity contribution is -0.383. The summed E-state index contributed by atoms with van der Waals surface area (Å²) < 4.78 is 10.4. The molecule has 0 spiro atoms. The number of carbonyl (C=O) groups is 1. The van der Waals surface area contributed by atoms with Crippen LogP contribution in [0.1, 0.15) is 10.4 Å². The predicted octanol–water partition coefficient (Wildman–Crippen LogP) is 3.05. The number of anilines is 2. The average Bonchev–Trinajstić information content (AvgIpc) is 2.54. The monoisotopic (exact) mass is 318 g/mol. The third kappa shape index (κ3) is 3.15. The molecule has 0 fully saturated rings. The number of hydrogen-bond acceptors (Lipinski definition) is 6. The standard InChI is InChI=1S/C15H14N2O6/c1-22-11-7-4-8-12(23-2)14(11)16-13-9(15(18)19)5-3-6-10(13)17(20)21/h3-8,16H,1-2H3,(H,18,19). The van der Waals surface area contributed by atoms with Crippen molar-refractivity contribution in [2.45, 2.75) is 0 Å². The minimum absolute atomic E-state index is 0.146. The fraction of sp³-hybridized carbons (Fsp3) is 0.133. The van der Waals surface area contributed by atoms with Crippen molar-refractivity contribution >= 4 is 23.0 Å². The van der Waals surface area contributed by atoms with Crippen molar-refractivity contribution in [2.75, 3.05) is 19.5 Å². The first-order chi connectivity index (χ1) is 11.0. The third-order valence-corrected chi connectivity index (χ3v) is 3.15. The van der Waals surface area contributed by atoms with Crippen molar-refractivity contribution in [2.24, 2.45) is 0 Å². The van der Waals surface area contributed by atoms with E-state index in [2.05, 4.69) is 5.32 Å². The Hall–Kier alpha value is -3.29. The van der Waals surface area contributed by atoms with Gasteiger partial charge in [0, 0.05) is 6.07 Å². The van der Waals surface area contributed by atoms with Gasteiger partial charge in [-0.15, -0.1) is 0 Å². The number of aromatic carboxylic acids is 1. The summed E-state index contributed by atoms with van der Waals surface area (Å²) in [5, 5.41) is 23.3. The maximum Gasteiger partial charge on any atom is 0.338 e. The Morgan fingerprint density at radius 2 is 1.65 bits per heavy atom. The van der Waals surface area contributed by atoms with Crippen LogP contribution in [0.5, 0.6) is 11.5 Å². The highest BCUT2D eigenvalue weighted by Crippen LogP contribution is 2.40. The van der Waals surface area contributed by atoms with Gasteiger partial charge in [-0.1, -0.05) is 12.1 Å². The maximum atomic E-state index is 11.4. The van der Waals surface area contributed by atoms with Crippen LogP contribution in [0.4, 0.5) is 17.1 Å². The van der Waals surface area contributed by atoms with Crippen molar-refractivity contribution in [1.82, 2.24) is 0 Å². The minimum atomic E-state index is -1.29. The van der Waals surface area contributed by atoms with Crippen molar-refractivity contribution < 1.29 is 24.3 Å². The van der Waals surface area contributed by atoms with Crippen LogP contribution in [0.3, 0.4) is 0 Å². The lowest BCUT2D eigenvalue weighted by Gasteiger charge is -2.16. The van der Waals surface area contributed by atoms with Gasteiger partial charge >= 0.3 is 5.97 Å². The van der Waals surface area contributed by atoms with Gasteiger partial charge in [0.15, 0.2) is 0 Å². The van der Waals surface area contributed by atoms with Crippen molar-refractivity contribution in [3.8, 4) is 11.5 Å². The van der Waals surface area contributed by atoms with Gasteiger partial charge in [0.25, 0.3) is 5.69 Å². The number of benzene rings is 2. The first kappa shape index (κ1) is 16.1. The molecular formula is C15H14N2O6. The van der Waals surface area contributed by atoms with Gasteiger partial charge in [0.05, 0.1) is 24.7 Å². The molecule has 0 amide bonds. The molecule has 0 bridgehead atoms. The SMILES string of the molecule is COc1cccc(OC)c1Nc1c(C(=O)O)cccc1[N+](=O)[O-]. The van der Waals surface area contributed by atoms with Gasteiger partial charge < -0.3 is 19.9 Å². The smallest absolute Gasteiger partial charge is 0.338 e. The Morgan fingerprint density at radius 1 is 1.09 bits per heavy atom. The molecule has 0 atom stereocenters. The van der Waals surface area contributed by atoms with Gasteiger partial charge in [-0.2, -0.15) is 0 Å². The van der Waals surface area contributed by atoms with E-state index in [1.165, 1.54) is 32.4 Å². The van der Waals surface area contributed by atoms with E-state index in [1.807, 2.05) is 0 Å². The summed E-state index contributed by atoms with van der Waals surface area (Å²) in [5.41, 5.74) is -0.438. The number of methoxy groups -OCH3 is 2. The van der Waals surface area contributed by atoms with E-state index in [4.69, 9.17) is 9.47 Å². The molecule has 0 aliphatic heterocycles. The highest BCUT2D eigenvalue weighted by Gasteiger charge is 2.23. The quantitative estimate of drug-likeness (QED) is 0.622. The fourth-order valence-corrected chi connectivity index (χ4v) is 2.10. The number of nitrogens with one attached hydrogen (secondary N) is 1. The van der Waals surface area contributed by atoms with Gasteiger partial charge in [-0.3, -0.25) is 10.1 Å². The number of nitrogens with zero attached hydrogens (tertiary/aromatic N) is 1. The van der Waals surface area contributed by atoms with E-state index >= 15 is 0 Å². The molecule has 2 aromatic rings. The molecule has 0 heterocycles. The first-order valence-electron chi connectivity index (χ1n) is 6.48. The molecule has 0 aliphatic carbocycles. The average molecular weight is 318 g/mol. The number of rotatable bonds is 6. The molecule has 0 unspecified atom stereocenters. The molecule has 2 aromatic carbocycles. The van der Waals surface area contributed by atoms with Crippen LogP contribution >= 0.6 is 0 Å². The van der Waals surface area contributed by atoms with Crippen LogP contribution < -0.4 is 14.8 Å². The number of carboxylic acid groups (broad SMARTS) is 1. The van der Waals surface area contributed by atoms with Crippen LogP contribution in [-0.2, 0) is 0 Å². The molecule has 8 nitrogen and oxygen atoms in total. The summed E-state index contributed by atoms with van der Waals surface area (Å²) in [6.45, 7) is 0. The lowest BCUT2D eigenvalue weighted by Crippen LogP contribution is -2.07. The molecule has 0 saturated carbocycles. The second-order valence-electron chi connectivity index (χ2n) is 4.42. The molecule has 0 aromatic heterocycles. The Labute approximate surface area is 131 Å². The summed E-state index contributed by atoms with van der Waals surface area (Å²) in [7, 11) is 2.86. The molecule has 0 aliphatic rings. The molecule has 23 heavy (non-hydrogen) atoms. The molecule has 0 saturated heterocycles. The van der Waals surface area contributed by atoms with Gasteiger partial charge in [0.1, 0.15) is 22.9 Å². The summed E-state index contributed by atoms with van der Waals surface area (Å²) in [6.07, 6.45) is 0. The zero-order valence-corrected chi connectivity index (χ0v) is 12.4. The second-order valence-corrected chi connectivity index (χ2v) is 4.42. The Balaban J connectivity index is 2.65. The normalized spacial score (nSPS) is 10.0. The number of ether oxygens (including phenoxy) is 2. The fourth-order valence-electron chi connectivity index (χ4n) is 2.10. The van der Waals surface area contributed by atoms with Crippen molar-refractivity contribution in [3.63, 3.8) is 0 Å². The molecule has 2 N–H and O–H groups in total. The lowest BCUT2D eigenvalue weighted by atomic mass is 10.1. The molecular weight excluding hydrogens is 304 g/mol. The van der Waals surface area contributed by atoms with Crippen molar-refractivity contribution in [1.29, 1.82) is 0 Å². The van der Waals surface area contributed by atoms with Gasteiger partial charge in [-0.05, 0) is 18.2 Å². The maximum absolute atomic E-state index is 11.4. The highest BCUT2D eigenvalue weighted by molar-refractivity contribution is 5.98. The van der Waals surface area contributed by atoms with E-state index < -0.39 is 10.9 Å². The number of nitro benzene ring substituents is 1. The topological polar surface area (TPSA) is 111 Å². The van der Waals surface area contributed by atoms with E-state index in [-0.39, 0.29) is 16.9 Å². The Kier molecular flexibility index (Phi) is 4.65. The first-order valence-corrected chi connectivity index (χ1v) is 6.48. The molecule has 2 rings (SSSR count). The molecule has 8 heteroatoms. The van der Waals surface area contributed by atoms with E-state index in [0.29, 0.717) is 17.2 Å². The Morgan fingerprint density at radius 3 is 2.13 bits per heavy atom. The van der Waals surface area contributed by atoms with E-state index in [0.717, 1.165) is 0 Å². The molecule has 0 radical (unpaired) electrons. The summed E-state index contributed by atoms with van der Waals surface area (Å²) in [4.78, 5) is 21.9. The summed E-state index contributed by atoms with van der Waals surface area (Å²) in [5.74, 6) is -0.567. The van der Waals surface area contributed by atoms with E-state index in [9.17, 15) is 20.0 Å². The zero-order valence-electron chi connectivity index (χ0n) is 12.4. The predicted molar refractivity (Wildman–Crippen MR) is 82.9 cm³/mol. The number of carboxylic acids is 1. The highest BCUT2D eigenvalue weighted by atomic mass is 16.6. The van der Waals surface area contributed by atoms with Gasteiger partial charge in [0.2, 0.25) is 0 Å². The van der Waals surface area contributed by atoms with Crippen molar-refractivity contribution in [3.05, 3.63) is 52.1 Å². The second kappa shape index (κ2) is 6.65. The zero-order chi connectivity index (χ0) is 17.0. The number of nitro groups is 1. The van der Waals surface area contributed by atoms with Crippen LogP contribution in [0.15, 0.2) is 36.4 Å². The van der Waals surface area contributed by atoms with Gasteiger partial charge in [-0.25, -0.2) is 4.79 Å². The summed E-state index contributed by atoms with van der Waals surface area (Å²) in [6, 6.07) is 8.74. The van der Waals surface area contributed by atoms with Crippen LogP contribution in [0.25, 0.3) is 0 Å².